The van der Waals surface area contributed by atoms with Gasteiger partial charge in [-0.1, -0.05) is 0 Å². The standard InChI is InChI=1S/C8H15NO2S/c10-8(1-2-11-6-8)5-9-7-3-12-4-7/h7,9-10H,1-6H2. The highest BCUT2D eigenvalue weighted by Gasteiger charge is 2.33. The van der Waals surface area contributed by atoms with Gasteiger partial charge in [0.1, 0.15) is 5.60 Å². The zero-order valence-electron chi connectivity index (χ0n) is 7.08. The maximum absolute atomic E-state index is 9.87. The first kappa shape index (κ1) is 8.81. The molecule has 2 fully saturated rings. The average Bonchev–Trinajstić information content (AvgIpc) is 2.33. The molecule has 2 aliphatic rings. The Hall–Kier alpha value is 0.230. The van der Waals surface area contributed by atoms with Crippen LogP contribution in [-0.4, -0.2) is 48.0 Å². The van der Waals surface area contributed by atoms with E-state index in [1.54, 1.807) is 0 Å². The molecule has 1 unspecified atom stereocenters. The highest BCUT2D eigenvalue weighted by Crippen LogP contribution is 2.20. The minimum absolute atomic E-state index is 0.500. The van der Waals surface area contributed by atoms with Crippen LogP contribution in [0.4, 0.5) is 0 Å². The lowest BCUT2D eigenvalue weighted by Gasteiger charge is -2.30. The number of nitrogens with one attached hydrogen (secondary N) is 1. The maximum Gasteiger partial charge on any atom is 0.102 e. The van der Waals surface area contributed by atoms with Crippen molar-refractivity contribution in [2.24, 2.45) is 0 Å². The van der Waals surface area contributed by atoms with Gasteiger partial charge in [-0.3, -0.25) is 0 Å². The smallest absolute Gasteiger partial charge is 0.102 e. The van der Waals surface area contributed by atoms with Gasteiger partial charge in [-0.15, -0.1) is 0 Å². The Bertz CT molecular complexity index is 155. The zero-order chi connectivity index (χ0) is 8.44. The molecule has 0 radical (unpaired) electrons. The second kappa shape index (κ2) is 3.54. The lowest BCUT2D eigenvalue weighted by atomic mass is 10.0. The lowest BCUT2D eigenvalue weighted by molar-refractivity contribution is 0.0256. The molecule has 0 aliphatic carbocycles. The third-order valence-electron chi connectivity index (χ3n) is 2.44. The quantitative estimate of drug-likeness (QED) is 0.647. The number of rotatable bonds is 3. The van der Waals surface area contributed by atoms with E-state index in [-0.39, 0.29) is 0 Å². The monoisotopic (exact) mass is 189 g/mol. The molecule has 0 saturated carbocycles. The van der Waals surface area contributed by atoms with Gasteiger partial charge in [0.2, 0.25) is 0 Å². The van der Waals surface area contributed by atoms with Gasteiger partial charge in [-0.25, -0.2) is 0 Å². The number of aliphatic hydroxyl groups is 1. The van der Waals surface area contributed by atoms with Crippen LogP contribution in [0.1, 0.15) is 6.42 Å². The minimum Gasteiger partial charge on any atom is -0.386 e. The van der Waals surface area contributed by atoms with E-state index in [4.69, 9.17) is 4.74 Å². The molecule has 2 heterocycles. The van der Waals surface area contributed by atoms with Crippen molar-refractivity contribution in [1.29, 1.82) is 0 Å². The zero-order valence-corrected chi connectivity index (χ0v) is 7.90. The molecule has 2 aliphatic heterocycles. The van der Waals surface area contributed by atoms with Crippen LogP contribution in [0.15, 0.2) is 0 Å². The van der Waals surface area contributed by atoms with Crippen molar-refractivity contribution in [3.63, 3.8) is 0 Å². The summed E-state index contributed by atoms with van der Waals surface area (Å²) < 4.78 is 5.15. The summed E-state index contributed by atoms with van der Waals surface area (Å²) in [6.07, 6.45) is 0.778. The van der Waals surface area contributed by atoms with E-state index < -0.39 is 5.60 Å². The van der Waals surface area contributed by atoms with Crippen molar-refractivity contribution in [3.05, 3.63) is 0 Å². The molecule has 0 bridgehead atoms. The van der Waals surface area contributed by atoms with E-state index in [1.165, 1.54) is 11.5 Å². The Kier molecular flexibility index (Phi) is 2.60. The van der Waals surface area contributed by atoms with Crippen LogP contribution in [0.3, 0.4) is 0 Å². The molecule has 2 rings (SSSR count). The summed E-state index contributed by atoms with van der Waals surface area (Å²) in [6, 6.07) is 0.625. The van der Waals surface area contributed by atoms with Gasteiger partial charge in [0, 0.05) is 37.1 Å². The van der Waals surface area contributed by atoms with Gasteiger partial charge in [-0.2, -0.15) is 11.8 Å². The van der Waals surface area contributed by atoms with Crippen molar-refractivity contribution >= 4 is 11.8 Å². The summed E-state index contributed by atoms with van der Waals surface area (Å²) >= 11 is 1.95. The highest BCUT2D eigenvalue weighted by atomic mass is 32.2. The van der Waals surface area contributed by atoms with Crippen LogP contribution in [0, 0.1) is 0 Å². The molecule has 12 heavy (non-hydrogen) atoms. The molecule has 0 aromatic rings. The molecule has 2 saturated heterocycles. The Morgan fingerprint density at radius 3 is 2.92 bits per heavy atom. The van der Waals surface area contributed by atoms with E-state index in [1.807, 2.05) is 11.8 Å². The largest absolute Gasteiger partial charge is 0.386 e. The number of thioether (sulfide) groups is 1. The molecular weight excluding hydrogens is 174 g/mol. The number of hydrogen-bond donors (Lipinski definition) is 2. The van der Waals surface area contributed by atoms with Gasteiger partial charge in [0.25, 0.3) is 0 Å². The lowest BCUT2D eigenvalue weighted by Crippen LogP contribution is -2.49. The Morgan fingerprint density at radius 2 is 2.42 bits per heavy atom. The average molecular weight is 189 g/mol. The molecule has 2 N–H and O–H groups in total. The summed E-state index contributed by atoms with van der Waals surface area (Å²) in [5.74, 6) is 2.38. The molecule has 3 nitrogen and oxygen atoms in total. The Balaban J connectivity index is 1.70. The SMILES string of the molecule is OC1(CNC2CSC2)CCOC1. The summed E-state index contributed by atoms with van der Waals surface area (Å²) in [4.78, 5) is 0. The summed E-state index contributed by atoms with van der Waals surface area (Å²) in [5.41, 5.74) is -0.583. The van der Waals surface area contributed by atoms with Gasteiger partial charge >= 0.3 is 0 Å². The van der Waals surface area contributed by atoms with Crippen LogP contribution in [0.25, 0.3) is 0 Å². The van der Waals surface area contributed by atoms with Crippen LogP contribution in [0.2, 0.25) is 0 Å². The van der Waals surface area contributed by atoms with E-state index >= 15 is 0 Å². The van der Waals surface area contributed by atoms with Crippen molar-refractivity contribution in [2.45, 2.75) is 18.1 Å². The number of ether oxygens (including phenoxy) is 1. The van der Waals surface area contributed by atoms with Gasteiger partial charge in [0.15, 0.2) is 0 Å². The number of hydrogen-bond acceptors (Lipinski definition) is 4. The van der Waals surface area contributed by atoms with Crippen LogP contribution in [-0.2, 0) is 4.74 Å². The van der Waals surface area contributed by atoms with Crippen LogP contribution < -0.4 is 5.32 Å². The summed E-state index contributed by atoms with van der Waals surface area (Å²) in [6.45, 7) is 1.90. The van der Waals surface area contributed by atoms with Crippen molar-refractivity contribution < 1.29 is 9.84 Å². The third-order valence-corrected chi connectivity index (χ3v) is 3.72. The summed E-state index contributed by atoms with van der Waals surface area (Å²) in [5, 5.41) is 13.2. The fourth-order valence-electron chi connectivity index (χ4n) is 1.42. The second-order valence-electron chi connectivity index (χ2n) is 3.64. The first-order valence-electron chi connectivity index (χ1n) is 4.40. The van der Waals surface area contributed by atoms with E-state index in [9.17, 15) is 5.11 Å². The predicted octanol–water partition coefficient (Wildman–Crippen LogP) is -0.157. The van der Waals surface area contributed by atoms with Crippen molar-refractivity contribution in [3.8, 4) is 0 Å². The van der Waals surface area contributed by atoms with Crippen molar-refractivity contribution in [2.75, 3.05) is 31.3 Å². The molecule has 0 spiro atoms. The fraction of sp³-hybridized carbons (Fsp3) is 1.00. The second-order valence-corrected chi connectivity index (χ2v) is 4.72. The van der Waals surface area contributed by atoms with Gasteiger partial charge < -0.3 is 15.2 Å². The van der Waals surface area contributed by atoms with E-state index in [0.717, 1.165) is 6.42 Å². The van der Waals surface area contributed by atoms with Crippen molar-refractivity contribution in [1.82, 2.24) is 5.32 Å². The van der Waals surface area contributed by atoms with Gasteiger partial charge in [0.05, 0.1) is 6.61 Å². The molecule has 1 atom stereocenters. The van der Waals surface area contributed by atoms with Gasteiger partial charge in [-0.05, 0) is 0 Å². The molecule has 0 aromatic heterocycles. The molecule has 0 aromatic carbocycles. The Morgan fingerprint density at radius 1 is 1.58 bits per heavy atom. The Labute approximate surface area is 76.9 Å². The molecule has 70 valence electrons. The molecule has 0 amide bonds. The van der Waals surface area contributed by atoms with Crippen LogP contribution >= 0.6 is 11.8 Å². The van der Waals surface area contributed by atoms with E-state index in [0.29, 0.717) is 25.8 Å². The molecular formula is C8H15NO2S. The maximum atomic E-state index is 9.87. The summed E-state index contributed by atoms with van der Waals surface area (Å²) in [7, 11) is 0. The highest BCUT2D eigenvalue weighted by molar-refractivity contribution is 8.00. The minimum atomic E-state index is -0.583. The normalized spacial score (nSPS) is 36.8. The fourth-order valence-corrected chi connectivity index (χ4v) is 2.13. The van der Waals surface area contributed by atoms with Crippen LogP contribution in [0.5, 0.6) is 0 Å². The van der Waals surface area contributed by atoms with E-state index in [2.05, 4.69) is 5.32 Å². The first-order valence-corrected chi connectivity index (χ1v) is 5.55. The molecule has 4 heteroatoms. The first-order chi connectivity index (χ1) is 5.79. The third kappa shape index (κ3) is 1.93. The topological polar surface area (TPSA) is 41.5 Å². The predicted molar refractivity (Wildman–Crippen MR) is 49.5 cm³/mol.